The van der Waals surface area contributed by atoms with Crippen LogP contribution in [-0.4, -0.2) is 57.4 Å². The number of morpholine rings is 1. The van der Waals surface area contributed by atoms with Crippen LogP contribution >= 0.6 is 11.3 Å². The lowest BCUT2D eigenvalue weighted by Gasteiger charge is -2.26. The van der Waals surface area contributed by atoms with Crippen LogP contribution in [0.3, 0.4) is 0 Å². The second-order valence-electron chi connectivity index (χ2n) is 8.07. The number of benzene rings is 1. The lowest BCUT2D eigenvalue weighted by molar-refractivity contribution is -0.125. The predicted octanol–water partition coefficient (Wildman–Crippen LogP) is 1.71. The van der Waals surface area contributed by atoms with Gasteiger partial charge in [0.1, 0.15) is 6.54 Å². The Labute approximate surface area is 185 Å². The number of hydrogen-bond acceptors (Lipinski definition) is 6. The quantitative estimate of drug-likeness (QED) is 0.704. The van der Waals surface area contributed by atoms with Crippen molar-refractivity contribution in [2.75, 3.05) is 37.7 Å². The number of nitrogens with one attached hydrogen (secondary N) is 1. The molecule has 0 radical (unpaired) electrons. The Balaban J connectivity index is 1.57. The Morgan fingerprint density at radius 3 is 2.65 bits per heavy atom. The predicted molar refractivity (Wildman–Crippen MR) is 118 cm³/mol. The summed E-state index contributed by atoms with van der Waals surface area (Å²) in [5.41, 5.74) is 0.250. The molecule has 0 saturated carbocycles. The molecular weight excluding hydrogens is 438 g/mol. The molecule has 2 aromatic rings. The van der Waals surface area contributed by atoms with Crippen LogP contribution in [0.4, 0.5) is 5.69 Å². The summed E-state index contributed by atoms with van der Waals surface area (Å²) in [7, 11) is -3.68. The molecule has 1 aromatic carbocycles. The number of ether oxygens (including phenoxy) is 1. The Hall–Kier alpha value is -2.27. The minimum Gasteiger partial charge on any atom is -0.379 e. The molecule has 31 heavy (non-hydrogen) atoms. The summed E-state index contributed by atoms with van der Waals surface area (Å²) in [6, 6.07) is 8.55. The number of nitrogens with zero attached hydrogens (tertiary/aromatic N) is 2. The standard InChI is InChI=1S/C21H25N3O5S2/c1-21(2)17-12-16(31(27,28)23-7-9-29-10-8-23)5-6-18(17)24(20(21)26)14-19(25)22-13-15-4-3-11-30-15/h3-6,11-12H,7-10,13-14H2,1-2H3,(H,22,25). The van der Waals surface area contributed by atoms with E-state index in [4.69, 9.17) is 4.74 Å². The van der Waals surface area contributed by atoms with Gasteiger partial charge in [-0.2, -0.15) is 4.31 Å². The van der Waals surface area contributed by atoms with Crippen LogP contribution in [0, 0.1) is 0 Å². The topological polar surface area (TPSA) is 96.0 Å². The SMILES string of the molecule is CC1(C)C(=O)N(CC(=O)NCc2cccs2)c2ccc(S(=O)(=O)N3CCOCC3)cc21. The van der Waals surface area contributed by atoms with E-state index in [0.717, 1.165) is 4.88 Å². The summed E-state index contributed by atoms with van der Waals surface area (Å²) in [4.78, 5) is 28.2. The number of sulfonamides is 1. The first kappa shape index (κ1) is 21.9. The summed E-state index contributed by atoms with van der Waals surface area (Å²) < 4.78 is 32.7. The van der Waals surface area contributed by atoms with Gasteiger partial charge in [0, 0.05) is 23.7 Å². The molecule has 1 N–H and O–H groups in total. The molecule has 1 aromatic heterocycles. The molecule has 166 valence electrons. The van der Waals surface area contributed by atoms with Crippen molar-refractivity contribution < 1.29 is 22.7 Å². The minimum atomic E-state index is -3.68. The second kappa shape index (κ2) is 8.34. The fraction of sp³-hybridized carbons (Fsp3) is 0.429. The summed E-state index contributed by atoms with van der Waals surface area (Å²) in [5.74, 6) is -0.495. The van der Waals surface area contributed by atoms with E-state index in [1.807, 2.05) is 17.5 Å². The number of anilines is 1. The zero-order valence-electron chi connectivity index (χ0n) is 17.5. The lowest BCUT2D eigenvalue weighted by Crippen LogP contribution is -2.42. The molecule has 2 amide bonds. The average Bonchev–Trinajstić information content (AvgIpc) is 3.35. The highest BCUT2D eigenvalue weighted by atomic mass is 32.2. The average molecular weight is 464 g/mol. The third-order valence-corrected chi connectivity index (χ3v) is 8.43. The number of carbonyl (C=O) groups excluding carboxylic acids is 2. The number of fused-ring (bicyclic) bond motifs is 1. The first-order chi connectivity index (χ1) is 14.7. The molecule has 0 atom stereocenters. The number of amides is 2. The second-order valence-corrected chi connectivity index (χ2v) is 11.0. The normalized spacial score (nSPS) is 18.8. The van der Waals surface area contributed by atoms with E-state index < -0.39 is 15.4 Å². The monoisotopic (exact) mass is 463 g/mol. The molecule has 0 bridgehead atoms. The summed E-state index contributed by atoms with van der Waals surface area (Å²) >= 11 is 1.55. The van der Waals surface area contributed by atoms with E-state index in [1.165, 1.54) is 15.3 Å². The molecule has 0 aliphatic carbocycles. The van der Waals surface area contributed by atoms with Crippen LogP contribution in [0.25, 0.3) is 0 Å². The van der Waals surface area contributed by atoms with Crippen molar-refractivity contribution in [2.24, 2.45) is 0 Å². The molecular formula is C21H25N3O5S2. The van der Waals surface area contributed by atoms with Gasteiger partial charge in [0.05, 0.1) is 30.1 Å². The molecule has 2 aliphatic heterocycles. The summed E-state index contributed by atoms with van der Waals surface area (Å²) in [5, 5.41) is 4.77. The third-order valence-electron chi connectivity index (χ3n) is 5.66. The first-order valence-electron chi connectivity index (χ1n) is 10.0. The maximum Gasteiger partial charge on any atom is 0.243 e. The van der Waals surface area contributed by atoms with Crippen molar-refractivity contribution in [3.8, 4) is 0 Å². The highest BCUT2D eigenvalue weighted by molar-refractivity contribution is 7.89. The van der Waals surface area contributed by atoms with E-state index >= 15 is 0 Å². The molecule has 1 fully saturated rings. The minimum absolute atomic E-state index is 0.115. The van der Waals surface area contributed by atoms with Gasteiger partial charge in [-0.3, -0.25) is 9.59 Å². The molecule has 8 nitrogen and oxygen atoms in total. The van der Waals surface area contributed by atoms with Crippen molar-refractivity contribution in [3.05, 3.63) is 46.2 Å². The van der Waals surface area contributed by atoms with Crippen LogP contribution in [0.1, 0.15) is 24.3 Å². The summed E-state index contributed by atoms with van der Waals surface area (Å²) in [6.45, 7) is 5.13. The molecule has 0 unspecified atom stereocenters. The molecule has 3 heterocycles. The van der Waals surface area contributed by atoms with Crippen LogP contribution in [0.2, 0.25) is 0 Å². The lowest BCUT2D eigenvalue weighted by atomic mass is 9.86. The van der Waals surface area contributed by atoms with Gasteiger partial charge in [0.15, 0.2) is 0 Å². The molecule has 2 aliphatic rings. The fourth-order valence-corrected chi connectivity index (χ4v) is 5.94. The Morgan fingerprint density at radius 1 is 1.23 bits per heavy atom. The summed E-state index contributed by atoms with van der Waals surface area (Å²) in [6.07, 6.45) is 0. The van der Waals surface area contributed by atoms with Gasteiger partial charge in [-0.25, -0.2) is 8.42 Å². The highest BCUT2D eigenvalue weighted by Gasteiger charge is 2.45. The number of thiophene rings is 1. The van der Waals surface area contributed by atoms with Gasteiger partial charge >= 0.3 is 0 Å². The van der Waals surface area contributed by atoms with E-state index in [2.05, 4.69) is 5.32 Å². The van der Waals surface area contributed by atoms with Gasteiger partial charge in [-0.05, 0) is 49.1 Å². The van der Waals surface area contributed by atoms with E-state index in [9.17, 15) is 18.0 Å². The van der Waals surface area contributed by atoms with Crippen molar-refractivity contribution in [1.29, 1.82) is 0 Å². The molecule has 0 spiro atoms. The van der Waals surface area contributed by atoms with Crippen molar-refractivity contribution in [2.45, 2.75) is 30.7 Å². The number of hydrogen-bond donors (Lipinski definition) is 1. The number of rotatable bonds is 6. The van der Waals surface area contributed by atoms with Gasteiger partial charge in [-0.1, -0.05) is 6.07 Å². The van der Waals surface area contributed by atoms with Crippen LogP contribution < -0.4 is 10.2 Å². The Bertz CT molecular complexity index is 1090. The van der Waals surface area contributed by atoms with Crippen molar-refractivity contribution in [3.63, 3.8) is 0 Å². The molecule has 4 rings (SSSR count). The number of carbonyl (C=O) groups is 2. The van der Waals surface area contributed by atoms with E-state index in [0.29, 0.717) is 44.1 Å². The maximum atomic E-state index is 13.1. The maximum absolute atomic E-state index is 13.1. The van der Waals surface area contributed by atoms with Crippen LogP contribution in [-0.2, 0) is 36.3 Å². The van der Waals surface area contributed by atoms with Crippen molar-refractivity contribution in [1.82, 2.24) is 9.62 Å². The molecule has 1 saturated heterocycles. The van der Waals surface area contributed by atoms with Gasteiger partial charge in [0.2, 0.25) is 21.8 Å². The van der Waals surface area contributed by atoms with E-state index in [1.54, 1.807) is 37.3 Å². The zero-order chi connectivity index (χ0) is 22.2. The van der Waals surface area contributed by atoms with E-state index in [-0.39, 0.29) is 23.3 Å². The third kappa shape index (κ3) is 4.12. The first-order valence-corrected chi connectivity index (χ1v) is 12.4. The smallest absolute Gasteiger partial charge is 0.243 e. The van der Waals surface area contributed by atoms with Crippen molar-refractivity contribution >= 4 is 38.9 Å². The zero-order valence-corrected chi connectivity index (χ0v) is 19.1. The Kier molecular flexibility index (Phi) is 5.91. The largest absolute Gasteiger partial charge is 0.379 e. The Morgan fingerprint density at radius 2 is 1.97 bits per heavy atom. The molecule has 10 heteroatoms. The van der Waals surface area contributed by atoms with Gasteiger partial charge in [-0.15, -0.1) is 11.3 Å². The van der Waals surface area contributed by atoms with Crippen LogP contribution in [0.15, 0.2) is 40.6 Å². The van der Waals surface area contributed by atoms with Gasteiger partial charge < -0.3 is 15.0 Å². The highest BCUT2D eigenvalue weighted by Crippen LogP contribution is 2.42. The van der Waals surface area contributed by atoms with Gasteiger partial charge in [0.25, 0.3) is 0 Å². The van der Waals surface area contributed by atoms with Crippen LogP contribution in [0.5, 0.6) is 0 Å². The fourth-order valence-electron chi connectivity index (χ4n) is 3.86.